The van der Waals surface area contributed by atoms with Crippen LogP contribution in [-0.2, 0) is 4.79 Å². The van der Waals surface area contributed by atoms with E-state index in [1.165, 1.54) is 18.2 Å². The highest BCUT2D eigenvalue weighted by molar-refractivity contribution is 8.18. The molecule has 2 aromatic rings. The molecule has 0 atom stereocenters. The molecule has 8 heteroatoms. The first kappa shape index (κ1) is 15.4. The Morgan fingerprint density at radius 3 is 2.74 bits per heavy atom. The van der Waals surface area contributed by atoms with E-state index in [0.29, 0.717) is 22.0 Å². The number of thioether (sulfide) groups is 1. The van der Waals surface area contributed by atoms with E-state index in [2.05, 4.69) is 5.32 Å². The minimum atomic E-state index is -1.10. The first-order valence-corrected chi connectivity index (χ1v) is 7.56. The number of hydrogen-bond acceptors (Lipinski definition) is 5. The van der Waals surface area contributed by atoms with Crippen LogP contribution in [0.15, 0.2) is 39.7 Å². The first-order valence-electron chi connectivity index (χ1n) is 6.36. The molecule has 23 heavy (non-hydrogen) atoms. The van der Waals surface area contributed by atoms with Crippen molar-refractivity contribution in [1.29, 1.82) is 5.41 Å². The molecule has 0 spiro atoms. The number of carboxylic acid groups (broad SMARTS) is 1. The molecule has 1 aliphatic rings. The molecule has 0 bridgehead atoms. The molecular weight excluding hydrogens is 340 g/mol. The fourth-order valence-corrected chi connectivity index (χ4v) is 2.94. The number of carbonyl (C=O) groups is 2. The van der Waals surface area contributed by atoms with Crippen LogP contribution in [0.2, 0.25) is 5.02 Å². The summed E-state index contributed by atoms with van der Waals surface area (Å²) in [5, 5.41) is 18.9. The summed E-state index contributed by atoms with van der Waals surface area (Å²) in [4.78, 5) is 22.9. The van der Waals surface area contributed by atoms with Gasteiger partial charge in [-0.2, -0.15) is 0 Å². The lowest BCUT2D eigenvalue weighted by molar-refractivity contribution is -0.115. The maximum Gasteiger partial charge on any atom is 0.337 e. The Morgan fingerprint density at radius 1 is 1.35 bits per heavy atom. The van der Waals surface area contributed by atoms with Crippen molar-refractivity contribution >= 4 is 46.5 Å². The van der Waals surface area contributed by atoms with Crippen molar-refractivity contribution < 1.29 is 19.1 Å². The second-order valence-corrected chi connectivity index (χ2v) is 6.06. The molecule has 3 rings (SSSR count). The average molecular weight is 349 g/mol. The van der Waals surface area contributed by atoms with Crippen molar-refractivity contribution in [3.63, 3.8) is 0 Å². The lowest BCUT2D eigenvalue weighted by atomic mass is 10.1. The molecule has 1 amide bonds. The highest BCUT2D eigenvalue weighted by Crippen LogP contribution is 2.30. The van der Waals surface area contributed by atoms with E-state index in [1.807, 2.05) is 0 Å². The summed E-state index contributed by atoms with van der Waals surface area (Å²) in [7, 11) is 0. The quantitative estimate of drug-likeness (QED) is 0.737. The van der Waals surface area contributed by atoms with Gasteiger partial charge in [0.05, 0.1) is 15.5 Å². The molecule has 6 nitrogen and oxygen atoms in total. The number of carbonyl (C=O) groups excluding carboxylic acids is 1. The van der Waals surface area contributed by atoms with Gasteiger partial charge in [-0.05, 0) is 36.0 Å². The molecule has 1 aromatic heterocycles. The Bertz CT molecular complexity index is 872. The summed E-state index contributed by atoms with van der Waals surface area (Å²) >= 11 is 6.96. The summed E-state index contributed by atoms with van der Waals surface area (Å²) in [6.45, 7) is 0. The number of amidine groups is 1. The van der Waals surface area contributed by atoms with Crippen LogP contribution >= 0.6 is 23.4 Å². The molecule has 1 fully saturated rings. The van der Waals surface area contributed by atoms with Crippen molar-refractivity contribution in [2.45, 2.75) is 0 Å². The highest BCUT2D eigenvalue weighted by Gasteiger charge is 2.22. The van der Waals surface area contributed by atoms with Gasteiger partial charge in [0, 0.05) is 11.6 Å². The third kappa shape index (κ3) is 3.15. The maximum absolute atomic E-state index is 11.6. The molecule has 1 aromatic carbocycles. The van der Waals surface area contributed by atoms with Gasteiger partial charge < -0.3 is 14.8 Å². The molecular formula is C15H9ClN2O4S. The van der Waals surface area contributed by atoms with Crippen molar-refractivity contribution in [2.24, 2.45) is 0 Å². The van der Waals surface area contributed by atoms with E-state index in [9.17, 15) is 9.59 Å². The zero-order valence-corrected chi connectivity index (χ0v) is 13.0. The third-order valence-electron chi connectivity index (χ3n) is 3.05. The molecule has 0 radical (unpaired) electrons. The molecule has 1 saturated heterocycles. The van der Waals surface area contributed by atoms with Crippen LogP contribution in [0.5, 0.6) is 0 Å². The normalized spacial score (nSPS) is 16.0. The smallest absolute Gasteiger partial charge is 0.337 e. The topological polar surface area (TPSA) is 103 Å². The van der Waals surface area contributed by atoms with Crippen LogP contribution in [-0.4, -0.2) is 22.2 Å². The standard InChI is InChI=1S/C15H9ClN2O4S/c16-10-5-7(1-3-9(10)14(20)21)11-4-2-8(22-11)6-12-13(19)18-15(17)23-12/h1-6H,(H,20,21)(H2,17,18,19). The Balaban J connectivity index is 1.89. The number of carboxylic acids is 1. The van der Waals surface area contributed by atoms with E-state index < -0.39 is 5.97 Å². The van der Waals surface area contributed by atoms with Gasteiger partial charge in [-0.25, -0.2) is 4.79 Å². The first-order chi connectivity index (χ1) is 10.9. The summed E-state index contributed by atoms with van der Waals surface area (Å²) < 4.78 is 5.62. The highest BCUT2D eigenvalue weighted by atomic mass is 35.5. The summed E-state index contributed by atoms with van der Waals surface area (Å²) in [5.41, 5.74) is 0.641. The maximum atomic E-state index is 11.6. The van der Waals surface area contributed by atoms with Crippen LogP contribution < -0.4 is 5.32 Å². The monoisotopic (exact) mass is 348 g/mol. The van der Waals surface area contributed by atoms with Gasteiger partial charge in [0.25, 0.3) is 5.91 Å². The van der Waals surface area contributed by atoms with Gasteiger partial charge in [0.2, 0.25) is 0 Å². The Hall–Kier alpha value is -2.51. The summed E-state index contributed by atoms with van der Waals surface area (Å²) in [6.07, 6.45) is 1.54. The van der Waals surface area contributed by atoms with Gasteiger partial charge in [-0.15, -0.1) is 0 Å². The SMILES string of the molecule is N=C1NC(=O)C(=Cc2ccc(-c3ccc(C(=O)O)c(Cl)c3)o2)S1. The van der Waals surface area contributed by atoms with Gasteiger partial charge in [-0.1, -0.05) is 17.7 Å². The van der Waals surface area contributed by atoms with Gasteiger partial charge >= 0.3 is 5.97 Å². The Labute approximate surface area is 139 Å². The van der Waals surface area contributed by atoms with E-state index >= 15 is 0 Å². The van der Waals surface area contributed by atoms with Gasteiger partial charge in [0.1, 0.15) is 11.5 Å². The van der Waals surface area contributed by atoms with Crippen LogP contribution in [0.4, 0.5) is 0 Å². The fraction of sp³-hybridized carbons (Fsp3) is 0. The lowest BCUT2D eigenvalue weighted by Crippen LogP contribution is -2.18. The number of hydrogen-bond donors (Lipinski definition) is 3. The van der Waals surface area contributed by atoms with E-state index in [-0.39, 0.29) is 21.7 Å². The van der Waals surface area contributed by atoms with Crippen LogP contribution in [0.3, 0.4) is 0 Å². The van der Waals surface area contributed by atoms with Gasteiger partial charge in [-0.3, -0.25) is 10.2 Å². The zero-order chi connectivity index (χ0) is 16.6. The average Bonchev–Trinajstić information content (AvgIpc) is 3.06. The van der Waals surface area contributed by atoms with Crippen molar-refractivity contribution in [3.05, 3.63) is 51.6 Å². The zero-order valence-electron chi connectivity index (χ0n) is 11.4. The van der Waals surface area contributed by atoms with Gasteiger partial charge in [0.15, 0.2) is 5.17 Å². The number of halogens is 1. The van der Waals surface area contributed by atoms with Crippen LogP contribution in [0.25, 0.3) is 17.4 Å². The van der Waals surface area contributed by atoms with Crippen molar-refractivity contribution in [3.8, 4) is 11.3 Å². The van der Waals surface area contributed by atoms with Crippen molar-refractivity contribution in [2.75, 3.05) is 0 Å². The molecule has 116 valence electrons. The molecule has 0 saturated carbocycles. The molecule has 2 heterocycles. The lowest BCUT2D eigenvalue weighted by Gasteiger charge is -2.01. The number of benzene rings is 1. The molecule has 0 unspecified atom stereocenters. The minimum Gasteiger partial charge on any atom is -0.478 e. The number of furan rings is 1. The van der Waals surface area contributed by atoms with E-state index in [1.54, 1.807) is 18.2 Å². The minimum absolute atomic E-state index is 0.0156. The molecule has 0 aliphatic carbocycles. The van der Waals surface area contributed by atoms with E-state index in [0.717, 1.165) is 11.8 Å². The number of aromatic carboxylic acids is 1. The Kier molecular flexibility index (Phi) is 3.97. The second-order valence-electron chi connectivity index (χ2n) is 4.60. The predicted octanol–water partition coefficient (Wildman–Crippen LogP) is 3.44. The van der Waals surface area contributed by atoms with Crippen LogP contribution in [0, 0.1) is 5.41 Å². The number of rotatable bonds is 3. The largest absolute Gasteiger partial charge is 0.478 e. The number of nitrogens with one attached hydrogen (secondary N) is 2. The van der Waals surface area contributed by atoms with Crippen LogP contribution in [0.1, 0.15) is 16.1 Å². The summed E-state index contributed by atoms with van der Waals surface area (Å²) in [5.74, 6) is -0.495. The Morgan fingerprint density at radius 2 is 2.13 bits per heavy atom. The fourth-order valence-electron chi connectivity index (χ4n) is 2.00. The van der Waals surface area contributed by atoms with Crippen molar-refractivity contribution in [1.82, 2.24) is 5.32 Å². The second kappa shape index (κ2) is 5.94. The molecule has 3 N–H and O–H groups in total. The molecule has 1 aliphatic heterocycles. The van der Waals surface area contributed by atoms with E-state index in [4.69, 9.17) is 26.5 Å². The summed E-state index contributed by atoms with van der Waals surface area (Å²) in [6, 6.07) is 7.88. The third-order valence-corrected chi connectivity index (χ3v) is 4.19. The predicted molar refractivity (Wildman–Crippen MR) is 87.6 cm³/mol. The number of amides is 1.